The molecule has 0 saturated heterocycles. The molecule has 2 N–H and O–H groups in total. The molecule has 0 bridgehead atoms. The van der Waals surface area contributed by atoms with Gasteiger partial charge in [-0.15, -0.1) is 0 Å². The Morgan fingerprint density at radius 2 is 2.23 bits per heavy atom. The predicted molar refractivity (Wildman–Crippen MR) is 54.4 cm³/mol. The first-order valence-electron chi connectivity index (χ1n) is 4.26. The van der Waals surface area contributed by atoms with Crippen molar-refractivity contribution in [2.24, 2.45) is 5.92 Å². The van der Waals surface area contributed by atoms with Gasteiger partial charge in [-0.1, -0.05) is 25.6 Å². The van der Waals surface area contributed by atoms with Crippen LogP contribution in [0, 0.1) is 5.92 Å². The van der Waals surface area contributed by atoms with Gasteiger partial charge in [0, 0.05) is 5.75 Å². The topological polar surface area (TPSA) is 64.7 Å². The Bertz CT molecular complexity index is 264. The molecular weight excluding hydrogens is 184 g/mol. The SMILES string of the molecule is CC(C)CCSc1ncnc(N)n1. The van der Waals surface area contributed by atoms with Gasteiger partial charge in [0.15, 0.2) is 5.16 Å². The third-order valence-corrected chi connectivity index (χ3v) is 2.39. The highest BCUT2D eigenvalue weighted by Gasteiger charge is 1.99. The summed E-state index contributed by atoms with van der Waals surface area (Å²) >= 11 is 1.62. The van der Waals surface area contributed by atoms with E-state index in [1.807, 2.05) is 0 Å². The first-order chi connectivity index (χ1) is 6.18. The standard InChI is InChI=1S/C8H14N4S/c1-6(2)3-4-13-8-11-5-10-7(9)12-8/h5-6H,3-4H2,1-2H3,(H2,9,10,11,12). The van der Waals surface area contributed by atoms with E-state index in [2.05, 4.69) is 28.8 Å². The van der Waals surface area contributed by atoms with Crippen LogP contribution in [-0.4, -0.2) is 20.7 Å². The summed E-state index contributed by atoms with van der Waals surface area (Å²) in [6.07, 6.45) is 2.61. The zero-order valence-corrected chi connectivity index (χ0v) is 8.71. The summed E-state index contributed by atoms with van der Waals surface area (Å²) < 4.78 is 0. The number of nitrogens with zero attached hydrogens (tertiary/aromatic N) is 3. The third-order valence-electron chi connectivity index (χ3n) is 1.49. The molecule has 0 amide bonds. The van der Waals surface area contributed by atoms with Crippen molar-refractivity contribution >= 4 is 17.7 Å². The van der Waals surface area contributed by atoms with E-state index < -0.39 is 0 Å². The van der Waals surface area contributed by atoms with Crippen LogP contribution in [0.1, 0.15) is 20.3 Å². The molecule has 13 heavy (non-hydrogen) atoms. The molecule has 1 heterocycles. The van der Waals surface area contributed by atoms with Crippen molar-refractivity contribution in [2.45, 2.75) is 25.4 Å². The maximum absolute atomic E-state index is 5.41. The van der Waals surface area contributed by atoms with Crippen LogP contribution < -0.4 is 5.73 Å². The van der Waals surface area contributed by atoms with Gasteiger partial charge in [0.05, 0.1) is 0 Å². The number of anilines is 1. The lowest BCUT2D eigenvalue weighted by molar-refractivity contribution is 0.631. The first-order valence-corrected chi connectivity index (χ1v) is 5.24. The highest BCUT2D eigenvalue weighted by molar-refractivity contribution is 7.99. The molecule has 1 rings (SSSR count). The summed E-state index contributed by atoms with van der Waals surface area (Å²) in [5.41, 5.74) is 5.41. The van der Waals surface area contributed by atoms with Crippen molar-refractivity contribution in [2.75, 3.05) is 11.5 Å². The van der Waals surface area contributed by atoms with Crippen molar-refractivity contribution in [1.82, 2.24) is 15.0 Å². The van der Waals surface area contributed by atoms with Crippen LogP contribution in [0.25, 0.3) is 0 Å². The van der Waals surface area contributed by atoms with Gasteiger partial charge >= 0.3 is 0 Å². The van der Waals surface area contributed by atoms with E-state index in [9.17, 15) is 0 Å². The molecule has 1 aromatic heterocycles. The fourth-order valence-electron chi connectivity index (χ4n) is 0.749. The highest BCUT2D eigenvalue weighted by Crippen LogP contribution is 2.15. The maximum atomic E-state index is 5.41. The van der Waals surface area contributed by atoms with E-state index in [-0.39, 0.29) is 0 Å². The highest BCUT2D eigenvalue weighted by atomic mass is 32.2. The van der Waals surface area contributed by atoms with Gasteiger partial charge in [0.1, 0.15) is 6.33 Å². The van der Waals surface area contributed by atoms with Crippen molar-refractivity contribution in [1.29, 1.82) is 0 Å². The van der Waals surface area contributed by atoms with Crippen molar-refractivity contribution in [3.05, 3.63) is 6.33 Å². The average molecular weight is 198 g/mol. The van der Waals surface area contributed by atoms with Gasteiger partial charge in [-0.3, -0.25) is 0 Å². The van der Waals surface area contributed by atoms with E-state index >= 15 is 0 Å². The fraction of sp³-hybridized carbons (Fsp3) is 0.625. The summed E-state index contributed by atoms with van der Waals surface area (Å²) in [7, 11) is 0. The molecule has 0 saturated carbocycles. The van der Waals surface area contributed by atoms with Crippen LogP contribution in [0.5, 0.6) is 0 Å². The Balaban J connectivity index is 2.37. The first kappa shape index (κ1) is 10.2. The number of rotatable bonds is 4. The van der Waals surface area contributed by atoms with Crippen LogP contribution in [0.4, 0.5) is 5.95 Å². The van der Waals surface area contributed by atoms with Crippen LogP contribution in [0.3, 0.4) is 0 Å². The summed E-state index contributed by atoms with van der Waals surface area (Å²) in [5.74, 6) is 2.04. The fourth-order valence-corrected chi connectivity index (χ4v) is 1.80. The average Bonchev–Trinajstić information content (AvgIpc) is 2.03. The number of hydrogen-bond acceptors (Lipinski definition) is 5. The molecule has 5 heteroatoms. The molecular formula is C8H14N4S. The van der Waals surface area contributed by atoms with Crippen LogP contribution in [-0.2, 0) is 0 Å². The molecule has 4 nitrogen and oxygen atoms in total. The van der Waals surface area contributed by atoms with Gasteiger partial charge in [0.2, 0.25) is 5.95 Å². The smallest absolute Gasteiger partial charge is 0.223 e. The van der Waals surface area contributed by atoms with Crippen LogP contribution in [0.15, 0.2) is 11.5 Å². The second-order valence-corrected chi connectivity index (χ2v) is 4.22. The third kappa shape index (κ3) is 4.07. The molecule has 0 unspecified atom stereocenters. The van der Waals surface area contributed by atoms with Crippen molar-refractivity contribution in [3.8, 4) is 0 Å². The van der Waals surface area contributed by atoms with Crippen molar-refractivity contribution < 1.29 is 0 Å². The second-order valence-electron chi connectivity index (χ2n) is 3.16. The lowest BCUT2D eigenvalue weighted by Gasteiger charge is -2.02. The second kappa shape index (κ2) is 5.01. The normalized spacial score (nSPS) is 10.7. The van der Waals surface area contributed by atoms with Gasteiger partial charge < -0.3 is 5.73 Å². The number of thioether (sulfide) groups is 1. The van der Waals surface area contributed by atoms with E-state index in [1.165, 1.54) is 6.33 Å². The minimum atomic E-state index is 0.294. The maximum Gasteiger partial charge on any atom is 0.223 e. The number of nitrogen functional groups attached to an aromatic ring is 1. The monoisotopic (exact) mass is 198 g/mol. The molecule has 0 atom stereocenters. The van der Waals surface area contributed by atoms with E-state index in [0.717, 1.165) is 12.2 Å². The molecule has 0 spiro atoms. The summed E-state index contributed by atoms with van der Waals surface area (Å²) in [5, 5.41) is 0.716. The molecule has 0 fully saturated rings. The number of nitrogens with two attached hydrogens (primary N) is 1. The van der Waals surface area contributed by atoms with Crippen LogP contribution >= 0.6 is 11.8 Å². The minimum absolute atomic E-state index is 0.294. The Hall–Kier alpha value is -0.840. The molecule has 1 aromatic rings. The Kier molecular flexibility index (Phi) is 3.95. The Labute approximate surface area is 82.4 Å². The largest absolute Gasteiger partial charge is 0.368 e. The van der Waals surface area contributed by atoms with E-state index in [1.54, 1.807) is 11.8 Å². The molecule has 0 aliphatic carbocycles. The molecule has 0 radical (unpaired) electrons. The number of hydrogen-bond donors (Lipinski definition) is 1. The lowest BCUT2D eigenvalue weighted by atomic mass is 10.2. The van der Waals surface area contributed by atoms with E-state index in [4.69, 9.17) is 5.73 Å². The summed E-state index contributed by atoms with van der Waals surface area (Å²) in [6, 6.07) is 0. The van der Waals surface area contributed by atoms with Crippen molar-refractivity contribution in [3.63, 3.8) is 0 Å². The summed E-state index contributed by atoms with van der Waals surface area (Å²) in [4.78, 5) is 11.7. The van der Waals surface area contributed by atoms with Gasteiger partial charge in [0.25, 0.3) is 0 Å². The van der Waals surface area contributed by atoms with Crippen LogP contribution in [0.2, 0.25) is 0 Å². The molecule has 0 aliphatic heterocycles. The minimum Gasteiger partial charge on any atom is -0.368 e. The quantitative estimate of drug-likeness (QED) is 0.744. The zero-order chi connectivity index (χ0) is 9.68. The zero-order valence-electron chi connectivity index (χ0n) is 7.90. The lowest BCUT2D eigenvalue weighted by Crippen LogP contribution is -1.98. The molecule has 0 aliphatic rings. The Morgan fingerprint density at radius 3 is 2.85 bits per heavy atom. The predicted octanol–water partition coefficient (Wildman–Crippen LogP) is 1.59. The molecule has 72 valence electrons. The Morgan fingerprint density at radius 1 is 1.46 bits per heavy atom. The van der Waals surface area contributed by atoms with E-state index in [0.29, 0.717) is 17.0 Å². The van der Waals surface area contributed by atoms with Gasteiger partial charge in [-0.25, -0.2) is 9.97 Å². The van der Waals surface area contributed by atoms with Gasteiger partial charge in [-0.05, 0) is 12.3 Å². The molecule has 0 aromatic carbocycles. The summed E-state index contributed by atoms with van der Waals surface area (Å²) in [6.45, 7) is 4.39. The number of aromatic nitrogens is 3. The van der Waals surface area contributed by atoms with Gasteiger partial charge in [-0.2, -0.15) is 4.98 Å².